The van der Waals surface area contributed by atoms with Gasteiger partial charge >= 0.3 is 0 Å². The lowest BCUT2D eigenvalue weighted by Gasteiger charge is -2.01. The Bertz CT molecular complexity index is 648. The highest BCUT2D eigenvalue weighted by atomic mass is 15.1. The van der Waals surface area contributed by atoms with Gasteiger partial charge in [-0.25, -0.2) is 9.97 Å². The van der Waals surface area contributed by atoms with Gasteiger partial charge < -0.3 is 9.13 Å². The molecule has 0 amide bonds. The molecule has 0 N–H and O–H groups in total. The molecule has 0 fully saturated rings. The van der Waals surface area contributed by atoms with Crippen LogP contribution in [0.25, 0.3) is 22.7 Å². The molecule has 2 aromatic heterocycles. The number of aryl methyl sites for hydroxylation is 2. The smallest absolute Gasteiger partial charge is 0.177 e. The fourth-order valence-electron chi connectivity index (χ4n) is 1.93. The standard InChI is InChI=1S/C12H12N4/c1-15-8-7-13-11(15)12-14-9-5-3-4-6-10(9)16(12)2/h3-8H,1-2H3. The van der Waals surface area contributed by atoms with Gasteiger partial charge in [0.2, 0.25) is 0 Å². The largest absolute Gasteiger partial charge is 0.331 e. The summed E-state index contributed by atoms with van der Waals surface area (Å²) in [6.45, 7) is 0. The fraction of sp³-hybridized carbons (Fsp3) is 0.167. The van der Waals surface area contributed by atoms with Gasteiger partial charge in [-0.15, -0.1) is 0 Å². The molecule has 0 spiro atoms. The van der Waals surface area contributed by atoms with Crippen molar-refractivity contribution in [2.75, 3.05) is 0 Å². The zero-order chi connectivity index (χ0) is 11.1. The van der Waals surface area contributed by atoms with E-state index in [0.717, 1.165) is 22.7 Å². The molecule has 4 heteroatoms. The lowest BCUT2D eigenvalue weighted by atomic mass is 10.3. The van der Waals surface area contributed by atoms with E-state index in [0.29, 0.717) is 0 Å². The molecule has 0 atom stereocenters. The van der Waals surface area contributed by atoms with Crippen molar-refractivity contribution < 1.29 is 0 Å². The number of fused-ring (bicyclic) bond motifs is 1. The third-order valence-electron chi connectivity index (χ3n) is 2.81. The van der Waals surface area contributed by atoms with Crippen molar-refractivity contribution in [3.8, 4) is 11.6 Å². The number of aromatic nitrogens is 4. The fourth-order valence-corrected chi connectivity index (χ4v) is 1.93. The number of hydrogen-bond donors (Lipinski definition) is 0. The molecule has 0 unspecified atom stereocenters. The van der Waals surface area contributed by atoms with E-state index in [1.165, 1.54) is 0 Å². The Kier molecular flexibility index (Phi) is 1.83. The molecule has 16 heavy (non-hydrogen) atoms. The first kappa shape index (κ1) is 9.15. The third-order valence-corrected chi connectivity index (χ3v) is 2.81. The van der Waals surface area contributed by atoms with Crippen LogP contribution < -0.4 is 0 Å². The molecule has 0 aliphatic rings. The van der Waals surface area contributed by atoms with Gasteiger partial charge in [0.15, 0.2) is 11.6 Å². The molecule has 2 heterocycles. The number of para-hydroxylation sites is 2. The average Bonchev–Trinajstić information content (AvgIpc) is 2.84. The summed E-state index contributed by atoms with van der Waals surface area (Å²) >= 11 is 0. The van der Waals surface area contributed by atoms with Gasteiger partial charge in [0.1, 0.15) is 0 Å². The number of hydrogen-bond acceptors (Lipinski definition) is 2. The maximum atomic E-state index is 4.60. The lowest BCUT2D eigenvalue weighted by Crippen LogP contribution is -1.98. The number of imidazole rings is 2. The monoisotopic (exact) mass is 212 g/mol. The molecule has 0 saturated heterocycles. The summed E-state index contributed by atoms with van der Waals surface area (Å²) < 4.78 is 4.04. The summed E-state index contributed by atoms with van der Waals surface area (Å²) in [6.07, 6.45) is 3.71. The van der Waals surface area contributed by atoms with E-state index >= 15 is 0 Å². The van der Waals surface area contributed by atoms with Gasteiger partial charge in [0, 0.05) is 26.5 Å². The Balaban J connectivity index is 2.33. The predicted octanol–water partition coefficient (Wildman–Crippen LogP) is 1.97. The van der Waals surface area contributed by atoms with Crippen molar-refractivity contribution in [2.24, 2.45) is 14.1 Å². The second kappa shape index (κ2) is 3.20. The summed E-state index contributed by atoms with van der Waals surface area (Å²) in [7, 11) is 3.99. The Morgan fingerprint density at radius 3 is 2.56 bits per heavy atom. The summed E-state index contributed by atoms with van der Waals surface area (Å²) in [5, 5.41) is 0. The van der Waals surface area contributed by atoms with Gasteiger partial charge in [-0.1, -0.05) is 12.1 Å². The van der Waals surface area contributed by atoms with Crippen LogP contribution in [0.3, 0.4) is 0 Å². The molecule has 80 valence electrons. The second-order valence-electron chi connectivity index (χ2n) is 3.84. The second-order valence-corrected chi connectivity index (χ2v) is 3.84. The van der Waals surface area contributed by atoms with Crippen LogP contribution in [0.5, 0.6) is 0 Å². The van der Waals surface area contributed by atoms with Crippen LogP contribution in [0, 0.1) is 0 Å². The summed E-state index contributed by atoms with van der Waals surface area (Å²) in [6, 6.07) is 8.10. The van der Waals surface area contributed by atoms with Crippen molar-refractivity contribution in [1.82, 2.24) is 19.1 Å². The summed E-state index contributed by atoms with van der Waals surface area (Å²) in [5.41, 5.74) is 2.13. The van der Waals surface area contributed by atoms with E-state index in [1.54, 1.807) is 6.20 Å². The molecular weight excluding hydrogens is 200 g/mol. The van der Waals surface area contributed by atoms with Gasteiger partial charge in [0.25, 0.3) is 0 Å². The van der Waals surface area contributed by atoms with Crippen molar-refractivity contribution in [2.45, 2.75) is 0 Å². The first-order valence-electron chi connectivity index (χ1n) is 5.16. The van der Waals surface area contributed by atoms with E-state index < -0.39 is 0 Å². The summed E-state index contributed by atoms with van der Waals surface area (Å²) in [4.78, 5) is 8.92. The molecule has 0 saturated carbocycles. The highest BCUT2D eigenvalue weighted by molar-refractivity contribution is 5.79. The van der Waals surface area contributed by atoms with E-state index in [2.05, 4.69) is 20.6 Å². The Morgan fingerprint density at radius 1 is 1.06 bits per heavy atom. The van der Waals surface area contributed by atoms with Gasteiger partial charge in [-0.3, -0.25) is 0 Å². The molecule has 0 aliphatic carbocycles. The van der Waals surface area contributed by atoms with Crippen LogP contribution in [0.15, 0.2) is 36.7 Å². The molecule has 1 aromatic carbocycles. The lowest BCUT2D eigenvalue weighted by molar-refractivity contribution is 0.873. The molecule has 3 aromatic rings. The van der Waals surface area contributed by atoms with E-state index in [4.69, 9.17) is 0 Å². The maximum Gasteiger partial charge on any atom is 0.177 e. The summed E-state index contributed by atoms with van der Waals surface area (Å²) in [5.74, 6) is 1.78. The minimum absolute atomic E-state index is 0.888. The number of rotatable bonds is 1. The predicted molar refractivity (Wildman–Crippen MR) is 62.9 cm³/mol. The number of nitrogens with zero attached hydrogens (tertiary/aromatic N) is 4. The zero-order valence-corrected chi connectivity index (χ0v) is 9.25. The minimum atomic E-state index is 0.888. The van der Waals surface area contributed by atoms with E-state index in [9.17, 15) is 0 Å². The van der Waals surface area contributed by atoms with Crippen LogP contribution in [-0.2, 0) is 14.1 Å². The van der Waals surface area contributed by atoms with Gasteiger partial charge in [-0.2, -0.15) is 0 Å². The molecule has 0 radical (unpaired) electrons. The highest BCUT2D eigenvalue weighted by Gasteiger charge is 2.12. The first-order valence-corrected chi connectivity index (χ1v) is 5.16. The molecule has 4 nitrogen and oxygen atoms in total. The quantitative estimate of drug-likeness (QED) is 0.618. The van der Waals surface area contributed by atoms with Crippen LogP contribution >= 0.6 is 0 Å². The van der Waals surface area contributed by atoms with Crippen LogP contribution in [0.2, 0.25) is 0 Å². The van der Waals surface area contributed by atoms with Crippen LogP contribution in [0.4, 0.5) is 0 Å². The Hall–Kier alpha value is -2.10. The van der Waals surface area contributed by atoms with Crippen molar-refractivity contribution >= 4 is 11.0 Å². The Labute approximate surface area is 93.2 Å². The van der Waals surface area contributed by atoms with E-state index in [-0.39, 0.29) is 0 Å². The Morgan fingerprint density at radius 2 is 1.88 bits per heavy atom. The first-order chi connectivity index (χ1) is 7.77. The topological polar surface area (TPSA) is 35.6 Å². The number of benzene rings is 1. The molecule has 0 aliphatic heterocycles. The molecule has 0 bridgehead atoms. The minimum Gasteiger partial charge on any atom is -0.331 e. The van der Waals surface area contributed by atoms with Crippen molar-refractivity contribution in [1.29, 1.82) is 0 Å². The van der Waals surface area contributed by atoms with Gasteiger partial charge in [0.05, 0.1) is 11.0 Å². The van der Waals surface area contributed by atoms with Gasteiger partial charge in [-0.05, 0) is 12.1 Å². The maximum absolute atomic E-state index is 4.60. The molecule has 3 rings (SSSR count). The zero-order valence-electron chi connectivity index (χ0n) is 9.25. The molecular formula is C12H12N4. The normalized spacial score (nSPS) is 11.1. The van der Waals surface area contributed by atoms with Crippen molar-refractivity contribution in [3.63, 3.8) is 0 Å². The third kappa shape index (κ3) is 1.16. The van der Waals surface area contributed by atoms with E-state index in [1.807, 2.05) is 43.1 Å². The van der Waals surface area contributed by atoms with Crippen LogP contribution in [-0.4, -0.2) is 19.1 Å². The highest BCUT2D eigenvalue weighted by Crippen LogP contribution is 2.21. The SMILES string of the molecule is Cn1ccnc1-c1nc2ccccc2n1C. The van der Waals surface area contributed by atoms with Crippen molar-refractivity contribution in [3.05, 3.63) is 36.7 Å². The average molecular weight is 212 g/mol. The van der Waals surface area contributed by atoms with Crippen LogP contribution in [0.1, 0.15) is 0 Å².